The molecule has 0 radical (unpaired) electrons. The third-order valence-corrected chi connectivity index (χ3v) is 3.27. The molecule has 6 heteroatoms. The fourth-order valence-electron chi connectivity index (χ4n) is 2.44. The standard InChI is InChI=1S/C13H25F3N2O/c1-2-6-18(7-8-19-11-13(14,15)16)10-12-4-3-5-17-9-12/h12,17H,2-11H2,1H3. The lowest BCUT2D eigenvalue weighted by Gasteiger charge is -2.30. The molecule has 0 aromatic carbocycles. The Kier molecular flexibility index (Phi) is 7.71. The minimum atomic E-state index is -4.22. The highest BCUT2D eigenvalue weighted by molar-refractivity contribution is 4.73. The highest BCUT2D eigenvalue weighted by Gasteiger charge is 2.27. The van der Waals surface area contributed by atoms with Gasteiger partial charge in [0.1, 0.15) is 6.61 Å². The van der Waals surface area contributed by atoms with E-state index in [0.717, 1.165) is 32.6 Å². The van der Waals surface area contributed by atoms with Gasteiger partial charge in [0.15, 0.2) is 0 Å². The van der Waals surface area contributed by atoms with Crippen LogP contribution in [0.5, 0.6) is 0 Å². The van der Waals surface area contributed by atoms with Crippen LogP contribution in [0.3, 0.4) is 0 Å². The minimum absolute atomic E-state index is 0.152. The number of nitrogens with zero attached hydrogens (tertiary/aromatic N) is 1. The van der Waals surface area contributed by atoms with E-state index in [2.05, 4.69) is 21.9 Å². The molecule has 1 heterocycles. The van der Waals surface area contributed by atoms with Gasteiger partial charge in [-0.25, -0.2) is 0 Å². The first kappa shape index (κ1) is 16.7. The van der Waals surface area contributed by atoms with Crippen LogP contribution in [0.1, 0.15) is 26.2 Å². The maximum atomic E-state index is 12.0. The molecule has 1 N–H and O–H groups in total. The zero-order valence-electron chi connectivity index (χ0n) is 11.6. The molecule has 0 bridgehead atoms. The molecule has 1 saturated heterocycles. The van der Waals surface area contributed by atoms with Crippen molar-refractivity contribution in [2.75, 3.05) is 45.9 Å². The minimum Gasteiger partial charge on any atom is -0.371 e. The molecule has 0 amide bonds. The predicted molar refractivity (Wildman–Crippen MR) is 69.2 cm³/mol. The second-order valence-electron chi connectivity index (χ2n) is 5.18. The second-order valence-corrected chi connectivity index (χ2v) is 5.18. The van der Waals surface area contributed by atoms with Gasteiger partial charge in [0.25, 0.3) is 0 Å². The molecular formula is C13H25F3N2O. The van der Waals surface area contributed by atoms with Crippen LogP contribution in [0.15, 0.2) is 0 Å². The summed E-state index contributed by atoms with van der Waals surface area (Å²) in [7, 11) is 0. The Labute approximate surface area is 113 Å². The smallest absolute Gasteiger partial charge is 0.371 e. The number of hydrogen-bond donors (Lipinski definition) is 1. The number of nitrogens with one attached hydrogen (secondary N) is 1. The summed E-state index contributed by atoms with van der Waals surface area (Å²) in [6.45, 7) is 5.66. The molecule has 1 aliphatic heterocycles. The van der Waals surface area contributed by atoms with Gasteiger partial charge in [-0.3, -0.25) is 0 Å². The summed E-state index contributed by atoms with van der Waals surface area (Å²) in [5.74, 6) is 0.614. The lowest BCUT2D eigenvalue weighted by atomic mass is 9.99. The molecule has 1 aliphatic rings. The first-order valence-electron chi connectivity index (χ1n) is 7.09. The first-order valence-corrected chi connectivity index (χ1v) is 7.09. The second kappa shape index (κ2) is 8.76. The van der Waals surface area contributed by atoms with Crippen LogP contribution in [-0.2, 0) is 4.74 Å². The van der Waals surface area contributed by atoms with Crippen molar-refractivity contribution in [1.29, 1.82) is 0 Å². The molecule has 0 aromatic rings. The van der Waals surface area contributed by atoms with E-state index in [4.69, 9.17) is 0 Å². The zero-order valence-corrected chi connectivity index (χ0v) is 11.6. The summed E-state index contributed by atoms with van der Waals surface area (Å²) >= 11 is 0. The van der Waals surface area contributed by atoms with Crippen LogP contribution in [0.4, 0.5) is 13.2 Å². The number of halogens is 3. The Morgan fingerprint density at radius 2 is 2.11 bits per heavy atom. The summed E-state index contributed by atoms with van der Waals surface area (Å²) in [6, 6.07) is 0. The van der Waals surface area contributed by atoms with E-state index in [9.17, 15) is 13.2 Å². The van der Waals surface area contributed by atoms with Gasteiger partial charge < -0.3 is 15.0 Å². The van der Waals surface area contributed by atoms with Gasteiger partial charge in [-0.05, 0) is 44.8 Å². The number of piperidine rings is 1. The van der Waals surface area contributed by atoms with E-state index in [1.54, 1.807) is 0 Å². The number of ether oxygens (including phenoxy) is 1. The molecule has 0 aromatic heterocycles. The van der Waals surface area contributed by atoms with Crippen LogP contribution < -0.4 is 5.32 Å². The van der Waals surface area contributed by atoms with Gasteiger partial charge in [-0.15, -0.1) is 0 Å². The normalized spacial score (nSPS) is 21.0. The van der Waals surface area contributed by atoms with E-state index in [1.807, 2.05) is 0 Å². The Hall–Kier alpha value is -0.330. The van der Waals surface area contributed by atoms with Crippen molar-refractivity contribution in [3.63, 3.8) is 0 Å². The topological polar surface area (TPSA) is 24.5 Å². The zero-order chi connectivity index (χ0) is 14.1. The van der Waals surface area contributed by atoms with Gasteiger partial charge in [0.05, 0.1) is 6.61 Å². The summed E-state index contributed by atoms with van der Waals surface area (Å²) in [4.78, 5) is 2.22. The molecule has 1 rings (SSSR count). The van der Waals surface area contributed by atoms with E-state index < -0.39 is 12.8 Å². The van der Waals surface area contributed by atoms with Crippen molar-refractivity contribution >= 4 is 0 Å². The molecule has 1 atom stereocenters. The molecule has 1 unspecified atom stereocenters. The first-order chi connectivity index (χ1) is 9.01. The third kappa shape index (κ3) is 8.44. The van der Waals surface area contributed by atoms with Crippen LogP contribution in [0.25, 0.3) is 0 Å². The van der Waals surface area contributed by atoms with E-state index >= 15 is 0 Å². The average molecular weight is 282 g/mol. The van der Waals surface area contributed by atoms with Crippen LogP contribution >= 0.6 is 0 Å². The predicted octanol–water partition coefficient (Wildman–Crippen LogP) is 2.28. The van der Waals surface area contributed by atoms with Crippen LogP contribution in [-0.4, -0.2) is 57.0 Å². The molecule has 1 fully saturated rings. The summed E-state index contributed by atoms with van der Waals surface area (Å²) in [6.07, 6.45) is -0.811. The molecule has 114 valence electrons. The van der Waals surface area contributed by atoms with Crippen molar-refractivity contribution in [1.82, 2.24) is 10.2 Å². The lowest BCUT2D eigenvalue weighted by Crippen LogP contribution is -2.40. The van der Waals surface area contributed by atoms with E-state index in [1.165, 1.54) is 12.8 Å². The van der Waals surface area contributed by atoms with E-state index in [-0.39, 0.29) is 6.61 Å². The monoisotopic (exact) mass is 282 g/mol. The summed E-state index contributed by atoms with van der Waals surface area (Å²) < 4.78 is 40.5. The largest absolute Gasteiger partial charge is 0.411 e. The Bertz CT molecular complexity index is 230. The fourth-order valence-corrected chi connectivity index (χ4v) is 2.44. The van der Waals surface area contributed by atoms with Gasteiger partial charge in [0, 0.05) is 13.1 Å². The molecule has 0 aliphatic carbocycles. The maximum Gasteiger partial charge on any atom is 0.411 e. The van der Waals surface area contributed by atoms with Crippen molar-refractivity contribution in [2.45, 2.75) is 32.4 Å². The van der Waals surface area contributed by atoms with Crippen molar-refractivity contribution in [3.05, 3.63) is 0 Å². The molecule has 0 saturated carbocycles. The Morgan fingerprint density at radius 3 is 2.68 bits per heavy atom. The third-order valence-electron chi connectivity index (χ3n) is 3.27. The average Bonchev–Trinajstić information content (AvgIpc) is 2.35. The van der Waals surface area contributed by atoms with Crippen molar-refractivity contribution < 1.29 is 17.9 Å². The number of hydrogen-bond acceptors (Lipinski definition) is 3. The van der Waals surface area contributed by atoms with E-state index in [0.29, 0.717) is 12.5 Å². The highest BCUT2D eigenvalue weighted by Crippen LogP contribution is 2.15. The number of alkyl halides is 3. The quantitative estimate of drug-likeness (QED) is 0.691. The van der Waals surface area contributed by atoms with Crippen LogP contribution in [0.2, 0.25) is 0 Å². The van der Waals surface area contributed by atoms with Crippen LogP contribution in [0, 0.1) is 5.92 Å². The fraction of sp³-hybridized carbons (Fsp3) is 1.00. The summed E-state index contributed by atoms with van der Waals surface area (Å²) in [5, 5.41) is 3.36. The highest BCUT2D eigenvalue weighted by atomic mass is 19.4. The van der Waals surface area contributed by atoms with Gasteiger partial charge in [-0.1, -0.05) is 6.92 Å². The van der Waals surface area contributed by atoms with Gasteiger partial charge >= 0.3 is 6.18 Å². The van der Waals surface area contributed by atoms with Crippen molar-refractivity contribution in [2.24, 2.45) is 5.92 Å². The van der Waals surface area contributed by atoms with Gasteiger partial charge in [0.2, 0.25) is 0 Å². The SMILES string of the molecule is CCCN(CCOCC(F)(F)F)CC1CCCNC1. The molecule has 0 spiro atoms. The molecular weight excluding hydrogens is 257 g/mol. The lowest BCUT2D eigenvalue weighted by molar-refractivity contribution is -0.174. The molecule has 19 heavy (non-hydrogen) atoms. The Balaban J connectivity index is 2.19. The Morgan fingerprint density at radius 1 is 1.32 bits per heavy atom. The van der Waals surface area contributed by atoms with Gasteiger partial charge in [-0.2, -0.15) is 13.2 Å². The maximum absolute atomic E-state index is 12.0. The molecule has 3 nitrogen and oxygen atoms in total. The number of rotatable bonds is 8. The van der Waals surface area contributed by atoms with Crippen molar-refractivity contribution in [3.8, 4) is 0 Å². The summed E-state index contributed by atoms with van der Waals surface area (Å²) in [5.41, 5.74) is 0.